The van der Waals surface area contributed by atoms with Crippen LogP contribution in [0.4, 0.5) is 0 Å². The lowest BCUT2D eigenvalue weighted by molar-refractivity contribution is 0.592. The lowest BCUT2D eigenvalue weighted by Gasteiger charge is -2.20. The van der Waals surface area contributed by atoms with Gasteiger partial charge in [0.05, 0.1) is 16.6 Å². The predicted octanol–water partition coefficient (Wildman–Crippen LogP) is 3.64. The second-order valence-corrected chi connectivity index (χ2v) is 5.59. The third-order valence-electron chi connectivity index (χ3n) is 3.54. The second kappa shape index (κ2) is 7.00. The zero-order chi connectivity index (χ0) is 12.8. The number of nitrogens with one attached hydrogen (secondary N) is 1. The van der Waals surface area contributed by atoms with Gasteiger partial charge >= 0.3 is 0 Å². The Labute approximate surface area is 114 Å². The molecule has 1 aromatic heterocycles. The standard InChI is InChI=1S/C14H23N3S/c1-3-12-14(18-17-16-12)13(15-4-2)11-9-7-5-6-8-10-11/h9,13,15H,3-8,10H2,1-2H3. The van der Waals surface area contributed by atoms with Crippen molar-refractivity contribution in [3.05, 3.63) is 22.2 Å². The van der Waals surface area contributed by atoms with Crippen molar-refractivity contribution in [1.82, 2.24) is 14.9 Å². The number of aryl methyl sites for hydroxylation is 1. The van der Waals surface area contributed by atoms with E-state index in [0.717, 1.165) is 18.7 Å². The lowest BCUT2D eigenvalue weighted by atomic mass is 9.99. The highest BCUT2D eigenvalue weighted by atomic mass is 32.1. The summed E-state index contributed by atoms with van der Waals surface area (Å²) in [5.74, 6) is 0. The molecule has 0 aromatic carbocycles. The molecule has 18 heavy (non-hydrogen) atoms. The van der Waals surface area contributed by atoms with Crippen molar-refractivity contribution < 1.29 is 0 Å². The Balaban J connectivity index is 2.24. The molecule has 1 heterocycles. The first-order valence-corrected chi connectivity index (χ1v) is 7.87. The molecule has 0 fully saturated rings. The number of hydrogen-bond acceptors (Lipinski definition) is 4. The highest BCUT2D eigenvalue weighted by Gasteiger charge is 2.21. The summed E-state index contributed by atoms with van der Waals surface area (Å²) in [6.45, 7) is 5.32. The maximum Gasteiger partial charge on any atom is 0.0804 e. The first kappa shape index (κ1) is 13.7. The molecule has 1 aliphatic carbocycles. The van der Waals surface area contributed by atoms with Crippen molar-refractivity contribution in [1.29, 1.82) is 0 Å². The van der Waals surface area contributed by atoms with E-state index in [-0.39, 0.29) is 0 Å². The van der Waals surface area contributed by atoms with E-state index in [1.165, 1.54) is 37.0 Å². The van der Waals surface area contributed by atoms with Gasteiger partial charge in [0.2, 0.25) is 0 Å². The smallest absolute Gasteiger partial charge is 0.0804 e. The molecule has 0 saturated carbocycles. The minimum atomic E-state index is 0.350. The van der Waals surface area contributed by atoms with Gasteiger partial charge in [0.25, 0.3) is 0 Å². The van der Waals surface area contributed by atoms with Crippen LogP contribution in [-0.4, -0.2) is 16.1 Å². The van der Waals surface area contributed by atoms with Crippen LogP contribution in [0.5, 0.6) is 0 Å². The Kier molecular flexibility index (Phi) is 5.32. The number of allylic oxidation sites excluding steroid dienone is 1. The topological polar surface area (TPSA) is 37.8 Å². The van der Waals surface area contributed by atoms with E-state index in [1.807, 2.05) is 0 Å². The molecule has 0 amide bonds. The minimum Gasteiger partial charge on any atom is -0.306 e. The fraction of sp³-hybridized carbons (Fsp3) is 0.714. The van der Waals surface area contributed by atoms with Crippen LogP contribution >= 0.6 is 11.5 Å². The summed E-state index contributed by atoms with van der Waals surface area (Å²) in [7, 11) is 0. The third kappa shape index (κ3) is 3.18. The van der Waals surface area contributed by atoms with Gasteiger partial charge < -0.3 is 5.32 Å². The highest BCUT2D eigenvalue weighted by molar-refractivity contribution is 7.05. The molecule has 1 aromatic rings. The molecule has 0 spiro atoms. The highest BCUT2D eigenvalue weighted by Crippen LogP contribution is 2.32. The molecule has 0 aliphatic heterocycles. The van der Waals surface area contributed by atoms with E-state index in [9.17, 15) is 0 Å². The summed E-state index contributed by atoms with van der Waals surface area (Å²) < 4.78 is 4.14. The van der Waals surface area contributed by atoms with Crippen LogP contribution in [0.15, 0.2) is 11.6 Å². The quantitative estimate of drug-likeness (QED) is 0.826. The van der Waals surface area contributed by atoms with Gasteiger partial charge in [-0.15, -0.1) is 5.10 Å². The number of nitrogens with zero attached hydrogens (tertiary/aromatic N) is 2. The van der Waals surface area contributed by atoms with Gasteiger partial charge in [0, 0.05) is 0 Å². The van der Waals surface area contributed by atoms with Gasteiger partial charge in [-0.1, -0.05) is 36.4 Å². The molecule has 1 unspecified atom stereocenters. The van der Waals surface area contributed by atoms with Crippen LogP contribution in [0.1, 0.15) is 62.6 Å². The molecule has 0 saturated heterocycles. The Hall–Kier alpha value is -0.740. The van der Waals surface area contributed by atoms with Crippen LogP contribution in [0.2, 0.25) is 0 Å². The Bertz CT molecular complexity index is 397. The van der Waals surface area contributed by atoms with Crippen molar-refractivity contribution in [3.8, 4) is 0 Å². The predicted molar refractivity (Wildman–Crippen MR) is 76.9 cm³/mol. The summed E-state index contributed by atoms with van der Waals surface area (Å²) in [6, 6.07) is 0.350. The van der Waals surface area contributed by atoms with Crippen LogP contribution in [0.3, 0.4) is 0 Å². The largest absolute Gasteiger partial charge is 0.306 e. The fourth-order valence-electron chi connectivity index (χ4n) is 2.58. The van der Waals surface area contributed by atoms with Gasteiger partial charge in [0.15, 0.2) is 0 Å². The van der Waals surface area contributed by atoms with E-state index in [2.05, 4.69) is 34.8 Å². The van der Waals surface area contributed by atoms with Gasteiger partial charge in [-0.3, -0.25) is 0 Å². The summed E-state index contributed by atoms with van der Waals surface area (Å²) in [4.78, 5) is 1.33. The maximum atomic E-state index is 4.26. The van der Waals surface area contributed by atoms with Crippen molar-refractivity contribution in [3.63, 3.8) is 0 Å². The molecule has 0 bridgehead atoms. The van der Waals surface area contributed by atoms with Crippen LogP contribution in [-0.2, 0) is 6.42 Å². The number of aromatic nitrogens is 2. The van der Waals surface area contributed by atoms with Crippen molar-refractivity contribution in [2.75, 3.05) is 6.54 Å². The molecular formula is C14H23N3S. The SMILES string of the molecule is CCNC(C1=CCCCCC1)c1snnc1CC. The first-order chi connectivity index (χ1) is 8.86. The van der Waals surface area contributed by atoms with E-state index >= 15 is 0 Å². The molecular weight excluding hydrogens is 242 g/mol. The van der Waals surface area contributed by atoms with E-state index in [1.54, 1.807) is 17.1 Å². The van der Waals surface area contributed by atoms with E-state index < -0.39 is 0 Å². The van der Waals surface area contributed by atoms with E-state index in [4.69, 9.17) is 0 Å². The van der Waals surface area contributed by atoms with Crippen molar-refractivity contribution in [2.24, 2.45) is 0 Å². The molecule has 100 valence electrons. The Morgan fingerprint density at radius 1 is 1.33 bits per heavy atom. The van der Waals surface area contributed by atoms with Gasteiger partial charge in [-0.05, 0) is 50.2 Å². The van der Waals surface area contributed by atoms with Gasteiger partial charge in [-0.2, -0.15) is 0 Å². The molecule has 1 atom stereocenters. The average Bonchev–Trinajstić information content (AvgIpc) is 2.69. The first-order valence-electron chi connectivity index (χ1n) is 7.10. The van der Waals surface area contributed by atoms with Crippen LogP contribution in [0, 0.1) is 0 Å². The van der Waals surface area contributed by atoms with Gasteiger partial charge in [-0.25, -0.2) is 0 Å². The lowest BCUT2D eigenvalue weighted by Crippen LogP contribution is -2.23. The Morgan fingerprint density at radius 2 is 2.22 bits per heavy atom. The average molecular weight is 265 g/mol. The normalized spacial score (nSPS) is 18.2. The molecule has 1 aliphatic rings. The van der Waals surface area contributed by atoms with Gasteiger partial charge in [0.1, 0.15) is 0 Å². The molecule has 2 rings (SSSR count). The van der Waals surface area contributed by atoms with Crippen LogP contribution in [0.25, 0.3) is 0 Å². The maximum absolute atomic E-state index is 4.26. The second-order valence-electron chi connectivity index (χ2n) is 4.81. The summed E-state index contributed by atoms with van der Waals surface area (Å²) in [6.07, 6.45) is 9.88. The van der Waals surface area contributed by atoms with Crippen LogP contribution < -0.4 is 5.32 Å². The molecule has 3 nitrogen and oxygen atoms in total. The molecule has 0 radical (unpaired) electrons. The zero-order valence-corrected chi connectivity index (χ0v) is 12.2. The zero-order valence-electron chi connectivity index (χ0n) is 11.4. The monoisotopic (exact) mass is 265 g/mol. The van der Waals surface area contributed by atoms with E-state index in [0.29, 0.717) is 6.04 Å². The Morgan fingerprint density at radius 3 is 3.00 bits per heavy atom. The number of likely N-dealkylation sites (N-methyl/N-ethyl adjacent to an activating group) is 1. The third-order valence-corrected chi connectivity index (χ3v) is 4.37. The molecule has 4 heteroatoms. The van der Waals surface area contributed by atoms with Crippen molar-refractivity contribution in [2.45, 2.75) is 58.4 Å². The minimum absolute atomic E-state index is 0.350. The number of hydrogen-bond donors (Lipinski definition) is 1. The summed E-state index contributed by atoms with van der Waals surface area (Å²) >= 11 is 1.56. The molecule has 1 N–H and O–H groups in total. The van der Waals surface area contributed by atoms with Crippen molar-refractivity contribution >= 4 is 11.5 Å². The number of rotatable bonds is 5. The fourth-order valence-corrected chi connectivity index (χ4v) is 3.44. The summed E-state index contributed by atoms with van der Waals surface area (Å²) in [5.41, 5.74) is 2.71. The summed E-state index contributed by atoms with van der Waals surface area (Å²) in [5, 5.41) is 7.88.